The number of hydrogen-bond donors (Lipinski definition) is 2. The van der Waals surface area contributed by atoms with Gasteiger partial charge >= 0.3 is 5.69 Å². The van der Waals surface area contributed by atoms with Crippen LogP contribution in [0.1, 0.15) is 73.0 Å². The molecule has 0 bridgehead atoms. The van der Waals surface area contributed by atoms with E-state index >= 15 is 8.78 Å². The lowest BCUT2D eigenvalue weighted by atomic mass is 9.68. The Morgan fingerprint density at radius 3 is 2.59 bits per heavy atom. The van der Waals surface area contributed by atoms with Gasteiger partial charge in [0, 0.05) is 63.1 Å². The summed E-state index contributed by atoms with van der Waals surface area (Å²) in [6.07, 6.45) is 8.99. The Kier molecular flexibility index (Phi) is 9.49. The maximum absolute atomic E-state index is 16.2. The zero-order valence-electron chi connectivity index (χ0n) is 32.8. The molecule has 4 fully saturated rings. The number of rotatable bonds is 8. The topological polar surface area (TPSA) is 172 Å². The molecule has 1 aliphatic carbocycles. The number of para-hydroxylation sites is 1. The van der Waals surface area contributed by atoms with E-state index in [1.807, 2.05) is 38.9 Å². The summed E-state index contributed by atoms with van der Waals surface area (Å²) < 4.78 is 42.8. The minimum Gasteiger partial charge on any atom is -0.494 e. The van der Waals surface area contributed by atoms with Crippen LogP contribution < -0.4 is 26.0 Å². The minimum absolute atomic E-state index is 0.133. The SMILES string of the molecule is COc1cc2nn(C3CCC(CN4CCC5(CN(c6cccc7c6n(C)c(=O)n7C6CCC(=O)NC6=O)C5)C(F)(F)C4)CC3)cc2cc1NC(=O)c1cncc(C#N)c1. The van der Waals surface area contributed by atoms with Crippen molar-refractivity contribution in [2.75, 3.05) is 50.1 Å². The Balaban J connectivity index is 0.814. The number of ether oxygens (including phenoxy) is 1. The predicted molar refractivity (Wildman–Crippen MR) is 213 cm³/mol. The van der Waals surface area contributed by atoms with Gasteiger partial charge in [0.2, 0.25) is 11.8 Å². The van der Waals surface area contributed by atoms with Crippen LogP contribution in [-0.4, -0.2) is 92.3 Å². The molecule has 1 saturated carbocycles. The van der Waals surface area contributed by atoms with E-state index in [9.17, 15) is 24.4 Å². The molecule has 59 heavy (non-hydrogen) atoms. The van der Waals surface area contributed by atoms with Gasteiger partial charge in [0.1, 0.15) is 17.9 Å². The summed E-state index contributed by atoms with van der Waals surface area (Å²) in [5.41, 5.74) is 1.98. The highest BCUT2D eigenvalue weighted by Crippen LogP contribution is 2.52. The first-order chi connectivity index (χ1) is 28.4. The van der Waals surface area contributed by atoms with Crippen molar-refractivity contribution in [3.8, 4) is 11.8 Å². The number of nitrogens with one attached hydrogen (secondary N) is 2. The van der Waals surface area contributed by atoms with E-state index in [2.05, 4.69) is 15.6 Å². The summed E-state index contributed by atoms with van der Waals surface area (Å²) in [5.74, 6) is -3.46. The van der Waals surface area contributed by atoms with Gasteiger partial charge in [-0.2, -0.15) is 10.4 Å². The van der Waals surface area contributed by atoms with Gasteiger partial charge in [-0.25, -0.2) is 13.6 Å². The largest absolute Gasteiger partial charge is 0.494 e. The number of anilines is 2. The smallest absolute Gasteiger partial charge is 0.329 e. The van der Waals surface area contributed by atoms with Crippen molar-refractivity contribution in [2.24, 2.45) is 18.4 Å². The first-order valence-electron chi connectivity index (χ1n) is 20.0. The Bertz CT molecular complexity index is 2610. The number of nitriles is 1. The van der Waals surface area contributed by atoms with Crippen molar-refractivity contribution in [3.63, 3.8) is 0 Å². The molecule has 3 amide bonds. The van der Waals surface area contributed by atoms with Crippen molar-refractivity contribution >= 4 is 51.0 Å². The molecule has 6 heterocycles. The number of carbonyl (C=O) groups excluding carboxylic acids is 3. The molecule has 17 heteroatoms. The van der Waals surface area contributed by atoms with Gasteiger partial charge in [-0.15, -0.1) is 0 Å². The van der Waals surface area contributed by atoms with Crippen molar-refractivity contribution in [1.29, 1.82) is 5.26 Å². The lowest BCUT2D eigenvalue weighted by Crippen LogP contribution is -2.70. The third-order valence-electron chi connectivity index (χ3n) is 13.0. The number of likely N-dealkylation sites (tertiary alicyclic amines) is 1. The fraction of sp³-hybridized carbons (Fsp3) is 0.452. The molecule has 306 valence electrons. The predicted octanol–water partition coefficient (Wildman–Crippen LogP) is 4.77. The number of imidazole rings is 1. The molecule has 15 nitrogen and oxygen atoms in total. The highest BCUT2D eigenvalue weighted by atomic mass is 19.3. The second-order valence-corrected chi connectivity index (χ2v) is 16.6. The number of methoxy groups -OCH3 is 1. The number of fused-ring (bicyclic) bond motifs is 2. The summed E-state index contributed by atoms with van der Waals surface area (Å²) in [7, 11) is 3.14. The summed E-state index contributed by atoms with van der Waals surface area (Å²) in [4.78, 5) is 58.7. The average molecular weight is 807 g/mol. The third kappa shape index (κ3) is 6.68. The van der Waals surface area contributed by atoms with Crippen LogP contribution in [0.4, 0.5) is 20.2 Å². The highest BCUT2D eigenvalue weighted by molar-refractivity contribution is 6.06. The first-order valence-corrected chi connectivity index (χ1v) is 20.0. The molecule has 1 atom stereocenters. The molecule has 3 aromatic heterocycles. The fourth-order valence-electron chi connectivity index (χ4n) is 9.69. The van der Waals surface area contributed by atoms with Crippen LogP contribution in [0.5, 0.6) is 5.75 Å². The fourth-order valence-corrected chi connectivity index (χ4v) is 9.69. The van der Waals surface area contributed by atoms with Gasteiger partial charge in [-0.3, -0.25) is 43.4 Å². The number of nitrogens with zero attached hydrogens (tertiary/aromatic N) is 8. The maximum Gasteiger partial charge on any atom is 0.329 e. The van der Waals surface area contributed by atoms with Crippen LogP contribution in [0, 0.1) is 22.7 Å². The van der Waals surface area contributed by atoms with E-state index in [1.165, 1.54) is 34.7 Å². The van der Waals surface area contributed by atoms with Gasteiger partial charge in [0.05, 0.1) is 64.2 Å². The third-order valence-corrected chi connectivity index (χ3v) is 13.0. The monoisotopic (exact) mass is 806 g/mol. The quantitative estimate of drug-likeness (QED) is 0.208. The summed E-state index contributed by atoms with van der Waals surface area (Å²) >= 11 is 0. The number of amides is 3. The molecule has 2 aromatic carbocycles. The average Bonchev–Trinajstić information content (AvgIpc) is 3.74. The zero-order chi connectivity index (χ0) is 41.2. The highest BCUT2D eigenvalue weighted by Gasteiger charge is 2.62. The normalized spacial score (nSPS) is 22.9. The van der Waals surface area contributed by atoms with Crippen LogP contribution in [0.3, 0.4) is 0 Å². The number of benzene rings is 2. The van der Waals surface area contributed by atoms with Crippen LogP contribution >= 0.6 is 0 Å². The molecule has 5 aromatic rings. The Labute approximate surface area is 337 Å². The number of alkyl halides is 2. The van der Waals surface area contributed by atoms with Gasteiger partial charge in [-0.05, 0) is 75.3 Å². The van der Waals surface area contributed by atoms with Crippen LogP contribution in [-0.2, 0) is 16.6 Å². The number of imide groups is 1. The molecule has 1 spiro atoms. The maximum atomic E-state index is 16.2. The van der Waals surface area contributed by atoms with E-state index in [1.54, 1.807) is 25.2 Å². The second kappa shape index (κ2) is 14.6. The lowest BCUT2D eigenvalue weighted by molar-refractivity contribution is -0.181. The van der Waals surface area contributed by atoms with Crippen LogP contribution in [0.25, 0.3) is 21.9 Å². The number of piperidine rings is 2. The second-order valence-electron chi connectivity index (χ2n) is 16.6. The van der Waals surface area contributed by atoms with Gasteiger partial charge < -0.3 is 15.0 Å². The molecule has 4 aliphatic rings. The number of aryl methyl sites for hydroxylation is 1. The van der Waals surface area contributed by atoms with Crippen molar-refractivity contribution in [3.05, 3.63) is 76.6 Å². The number of hydrogen-bond acceptors (Lipinski definition) is 10. The molecule has 0 radical (unpaired) electrons. The summed E-state index contributed by atoms with van der Waals surface area (Å²) in [6.45, 7) is 1.25. The van der Waals surface area contributed by atoms with E-state index in [4.69, 9.17) is 9.84 Å². The Hall–Kier alpha value is -6.15. The van der Waals surface area contributed by atoms with Crippen molar-refractivity contribution < 1.29 is 27.9 Å². The first kappa shape index (κ1) is 38.4. The Morgan fingerprint density at radius 2 is 1.86 bits per heavy atom. The van der Waals surface area contributed by atoms with Gasteiger partial charge in [0.25, 0.3) is 11.8 Å². The van der Waals surface area contributed by atoms with E-state index in [0.29, 0.717) is 53.6 Å². The van der Waals surface area contributed by atoms with Gasteiger partial charge in [0.15, 0.2) is 0 Å². The summed E-state index contributed by atoms with van der Waals surface area (Å²) in [6, 6.07) is 11.8. The molecule has 3 saturated heterocycles. The molecule has 3 aliphatic heterocycles. The Morgan fingerprint density at radius 1 is 1.07 bits per heavy atom. The number of carbonyl (C=O) groups is 3. The van der Waals surface area contributed by atoms with Crippen LogP contribution in [0.15, 0.2) is 59.8 Å². The molecule has 1 unspecified atom stereocenters. The standard InChI is InChI=1S/C42H44F2N10O5/c1-50-37-32(4-3-5-33(37)54(40(50)58)34-10-11-36(55)48-39(34)57)52-22-41(23-52)12-13-51(24-42(41,43)44)20-25-6-8-29(9-7-25)53-21-28-15-31(35(59-2)16-30(28)49-53)47-38(56)27-14-26(17-45)18-46-19-27/h3-5,14-16,18-19,21,25,29,34H,6-13,20,22-24H2,1-2H3,(H,47,56)(H,48,55,57). The van der Waals surface area contributed by atoms with Gasteiger partial charge in [-0.1, -0.05) is 6.07 Å². The molecule has 9 rings (SSSR count). The van der Waals surface area contributed by atoms with E-state index in [0.717, 1.165) is 36.6 Å². The van der Waals surface area contributed by atoms with Crippen molar-refractivity contribution in [1.82, 2.24) is 34.1 Å². The van der Waals surface area contributed by atoms with E-state index in [-0.39, 0.29) is 61.2 Å². The van der Waals surface area contributed by atoms with Crippen LogP contribution in [0.2, 0.25) is 0 Å². The number of pyridine rings is 1. The summed E-state index contributed by atoms with van der Waals surface area (Å²) in [5, 5.41) is 20.0. The zero-order valence-corrected chi connectivity index (χ0v) is 32.8. The molecule has 2 N–H and O–H groups in total. The molecular weight excluding hydrogens is 763 g/mol. The number of aromatic nitrogens is 5. The minimum atomic E-state index is -2.90. The van der Waals surface area contributed by atoms with Crippen molar-refractivity contribution in [2.45, 2.75) is 63.0 Å². The lowest BCUT2D eigenvalue weighted by Gasteiger charge is -2.58. The molecular formula is C42H44F2N10O5. The van der Waals surface area contributed by atoms with E-state index < -0.39 is 29.2 Å². The number of halogens is 2.